The number of nitrogens with one attached hydrogen (secondary N) is 1. The van der Waals surface area contributed by atoms with Crippen LogP contribution in [0.25, 0.3) is 0 Å². The molecular formula is C11H24N2O2. The summed E-state index contributed by atoms with van der Waals surface area (Å²) in [5.41, 5.74) is 2.93. The molecule has 1 rings (SSSR count). The van der Waals surface area contributed by atoms with Crippen molar-refractivity contribution in [3.8, 4) is 0 Å². The molecule has 0 saturated carbocycles. The second-order valence-electron chi connectivity index (χ2n) is 4.50. The van der Waals surface area contributed by atoms with Gasteiger partial charge in [0, 0.05) is 33.0 Å². The molecule has 0 aromatic carbocycles. The van der Waals surface area contributed by atoms with Crippen molar-refractivity contribution >= 4 is 0 Å². The molecule has 4 heteroatoms. The molecule has 0 spiro atoms. The van der Waals surface area contributed by atoms with Gasteiger partial charge in [-0.05, 0) is 31.1 Å². The average molecular weight is 216 g/mol. The molecule has 3 N–H and O–H groups in total. The van der Waals surface area contributed by atoms with E-state index in [-0.39, 0.29) is 0 Å². The van der Waals surface area contributed by atoms with E-state index >= 15 is 0 Å². The second kappa shape index (κ2) is 7.17. The number of nitrogens with two attached hydrogens (primary N) is 1. The number of hydrazine groups is 1. The Morgan fingerprint density at radius 2 is 2.40 bits per heavy atom. The highest BCUT2D eigenvalue weighted by molar-refractivity contribution is 4.77. The zero-order valence-electron chi connectivity index (χ0n) is 9.87. The molecule has 3 unspecified atom stereocenters. The Morgan fingerprint density at radius 1 is 1.60 bits per heavy atom. The summed E-state index contributed by atoms with van der Waals surface area (Å²) in [4.78, 5) is 0. The number of rotatable bonds is 7. The molecule has 0 radical (unpaired) electrons. The van der Waals surface area contributed by atoms with E-state index in [1.54, 1.807) is 7.11 Å². The monoisotopic (exact) mass is 216 g/mol. The summed E-state index contributed by atoms with van der Waals surface area (Å²) < 4.78 is 10.5. The number of hydrogen-bond acceptors (Lipinski definition) is 4. The molecular weight excluding hydrogens is 192 g/mol. The van der Waals surface area contributed by atoms with Crippen LogP contribution >= 0.6 is 0 Å². The minimum absolute atomic E-state index is 0.381. The highest BCUT2D eigenvalue weighted by atomic mass is 16.5. The van der Waals surface area contributed by atoms with Crippen LogP contribution in [0, 0.1) is 11.8 Å². The first-order valence-electron chi connectivity index (χ1n) is 5.80. The van der Waals surface area contributed by atoms with Crippen molar-refractivity contribution in [3.63, 3.8) is 0 Å². The zero-order chi connectivity index (χ0) is 11.1. The Morgan fingerprint density at radius 3 is 2.93 bits per heavy atom. The third-order valence-corrected chi connectivity index (χ3v) is 3.29. The summed E-state index contributed by atoms with van der Waals surface area (Å²) in [6.07, 6.45) is 3.34. The maximum atomic E-state index is 5.59. The summed E-state index contributed by atoms with van der Waals surface area (Å²) in [5, 5.41) is 0. The molecule has 0 amide bonds. The molecule has 0 aromatic rings. The predicted octanol–water partition coefficient (Wildman–Crippen LogP) is 0.918. The quantitative estimate of drug-likeness (QED) is 0.491. The largest absolute Gasteiger partial charge is 0.385 e. The van der Waals surface area contributed by atoms with Crippen LogP contribution in [0.4, 0.5) is 0 Å². The minimum Gasteiger partial charge on any atom is -0.385 e. The SMILES string of the molecule is COCCC(C)C(CC1CCOC1)NN. The summed E-state index contributed by atoms with van der Waals surface area (Å²) in [6, 6.07) is 0.381. The minimum atomic E-state index is 0.381. The van der Waals surface area contributed by atoms with Gasteiger partial charge < -0.3 is 9.47 Å². The molecule has 4 nitrogen and oxygen atoms in total. The van der Waals surface area contributed by atoms with E-state index in [2.05, 4.69) is 12.3 Å². The number of methoxy groups -OCH3 is 1. The van der Waals surface area contributed by atoms with E-state index in [4.69, 9.17) is 15.3 Å². The van der Waals surface area contributed by atoms with Gasteiger partial charge in [-0.1, -0.05) is 6.92 Å². The van der Waals surface area contributed by atoms with Crippen molar-refractivity contribution in [2.45, 2.75) is 32.2 Å². The van der Waals surface area contributed by atoms with Gasteiger partial charge in [0.25, 0.3) is 0 Å². The molecule has 1 fully saturated rings. The van der Waals surface area contributed by atoms with Gasteiger partial charge in [0.1, 0.15) is 0 Å². The number of ether oxygens (including phenoxy) is 2. The first-order chi connectivity index (χ1) is 7.27. The van der Waals surface area contributed by atoms with E-state index in [1.165, 1.54) is 6.42 Å². The first-order valence-corrected chi connectivity index (χ1v) is 5.80. The van der Waals surface area contributed by atoms with Crippen molar-refractivity contribution in [2.75, 3.05) is 26.9 Å². The average Bonchev–Trinajstić information content (AvgIpc) is 2.75. The van der Waals surface area contributed by atoms with Crippen LogP contribution in [0.2, 0.25) is 0 Å². The Kier molecular flexibility index (Phi) is 6.17. The Hall–Kier alpha value is -0.160. The maximum Gasteiger partial charge on any atom is 0.0495 e. The maximum absolute atomic E-state index is 5.59. The smallest absolute Gasteiger partial charge is 0.0495 e. The van der Waals surface area contributed by atoms with Gasteiger partial charge >= 0.3 is 0 Å². The van der Waals surface area contributed by atoms with Gasteiger partial charge in [0.05, 0.1) is 0 Å². The molecule has 1 saturated heterocycles. The van der Waals surface area contributed by atoms with Crippen molar-refractivity contribution < 1.29 is 9.47 Å². The van der Waals surface area contributed by atoms with E-state index in [1.807, 2.05) is 0 Å². The van der Waals surface area contributed by atoms with Crippen molar-refractivity contribution in [3.05, 3.63) is 0 Å². The third-order valence-electron chi connectivity index (χ3n) is 3.29. The van der Waals surface area contributed by atoms with Crippen LogP contribution in [-0.2, 0) is 9.47 Å². The third kappa shape index (κ3) is 4.47. The van der Waals surface area contributed by atoms with Gasteiger partial charge in [0.2, 0.25) is 0 Å². The summed E-state index contributed by atoms with van der Waals surface area (Å²) >= 11 is 0. The van der Waals surface area contributed by atoms with Crippen molar-refractivity contribution in [1.29, 1.82) is 0 Å². The molecule has 90 valence electrons. The van der Waals surface area contributed by atoms with Crippen molar-refractivity contribution in [1.82, 2.24) is 5.43 Å². The Balaban J connectivity index is 2.26. The molecule has 1 heterocycles. The van der Waals surface area contributed by atoms with Crippen LogP contribution in [0.5, 0.6) is 0 Å². The van der Waals surface area contributed by atoms with Crippen LogP contribution in [0.15, 0.2) is 0 Å². The van der Waals surface area contributed by atoms with E-state index in [9.17, 15) is 0 Å². The van der Waals surface area contributed by atoms with Crippen LogP contribution in [0.1, 0.15) is 26.2 Å². The van der Waals surface area contributed by atoms with Crippen LogP contribution in [0.3, 0.4) is 0 Å². The highest BCUT2D eigenvalue weighted by Gasteiger charge is 2.23. The fraction of sp³-hybridized carbons (Fsp3) is 1.00. The lowest BCUT2D eigenvalue weighted by Gasteiger charge is -2.25. The lowest BCUT2D eigenvalue weighted by Crippen LogP contribution is -2.41. The molecule has 15 heavy (non-hydrogen) atoms. The summed E-state index contributed by atoms with van der Waals surface area (Å²) in [6.45, 7) is 4.84. The summed E-state index contributed by atoms with van der Waals surface area (Å²) in [7, 11) is 1.74. The topological polar surface area (TPSA) is 56.5 Å². The Bertz CT molecular complexity index is 161. The zero-order valence-corrected chi connectivity index (χ0v) is 9.87. The van der Waals surface area contributed by atoms with Gasteiger partial charge in [-0.2, -0.15) is 0 Å². The fourth-order valence-corrected chi connectivity index (χ4v) is 2.10. The molecule has 1 aliphatic rings. The molecule has 1 aliphatic heterocycles. The lowest BCUT2D eigenvalue weighted by molar-refractivity contribution is 0.158. The van der Waals surface area contributed by atoms with E-state index in [0.29, 0.717) is 17.9 Å². The number of hydrogen-bond donors (Lipinski definition) is 2. The predicted molar refractivity (Wildman–Crippen MR) is 60.3 cm³/mol. The van der Waals surface area contributed by atoms with Crippen LogP contribution in [-0.4, -0.2) is 33.0 Å². The Labute approximate surface area is 92.5 Å². The van der Waals surface area contributed by atoms with Gasteiger partial charge in [-0.15, -0.1) is 0 Å². The highest BCUT2D eigenvalue weighted by Crippen LogP contribution is 2.22. The normalized spacial score (nSPS) is 25.4. The molecule has 0 aromatic heterocycles. The first kappa shape index (κ1) is 12.9. The van der Waals surface area contributed by atoms with E-state index < -0.39 is 0 Å². The second-order valence-corrected chi connectivity index (χ2v) is 4.50. The van der Waals surface area contributed by atoms with E-state index in [0.717, 1.165) is 32.7 Å². The fourth-order valence-electron chi connectivity index (χ4n) is 2.10. The molecule has 0 bridgehead atoms. The van der Waals surface area contributed by atoms with Crippen molar-refractivity contribution in [2.24, 2.45) is 17.7 Å². The van der Waals surface area contributed by atoms with Crippen LogP contribution < -0.4 is 11.3 Å². The van der Waals surface area contributed by atoms with Gasteiger partial charge in [-0.25, -0.2) is 0 Å². The molecule has 0 aliphatic carbocycles. The van der Waals surface area contributed by atoms with Gasteiger partial charge in [-0.3, -0.25) is 11.3 Å². The lowest BCUT2D eigenvalue weighted by atomic mass is 9.90. The van der Waals surface area contributed by atoms with Gasteiger partial charge in [0.15, 0.2) is 0 Å². The summed E-state index contributed by atoms with van der Waals surface area (Å²) in [5.74, 6) is 6.82. The standard InChI is InChI=1S/C11H24N2O2/c1-9(3-5-14-2)11(13-12)7-10-4-6-15-8-10/h9-11,13H,3-8,12H2,1-2H3. The molecule has 3 atom stereocenters.